The fraction of sp³-hybridized carbons (Fsp3) is 0.636. The third-order valence-corrected chi connectivity index (χ3v) is 15.4. The first kappa shape index (κ1) is 55.1. The van der Waals surface area contributed by atoms with E-state index in [1.54, 1.807) is 27.2 Å². The highest BCUT2D eigenvalue weighted by Crippen LogP contribution is 2.42. The molecule has 3 fully saturated rings. The van der Waals surface area contributed by atoms with Crippen molar-refractivity contribution in [1.29, 1.82) is 0 Å². The number of hydrogen-bond donors (Lipinski definition) is 2. The molecule has 0 spiro atoms. The average molecular weight is 1010 g/mol. The number of likely N-dealkylation sites (tertiary alicyclic amines) is 1. The van der Waals surface area contributed by atoms with Crippen molar-refractivity contribution >= 4 is 46.2 Å². The lowest BCUT2D eigenvalue weighted by Crippen LogP contribution is -2.63. The van der Waals surface area contributed by atoms with Gasteiger partial charge in [-0.2, -0.15) is 0 Å². The molecule has 2 aromatic heterocycles. The van der Waals surface area contributed by atoms with Crippen molar-refractivity contribution < 1.29 is 42.6 Å². The number of rotatable bonds is 10. The first-order valence-electron chi connectivity index (χ1n) is 26.0. The number of hydrazine groups is 1. The zero-order valence-electron chi connectivity index (χ0n) is 45.1. The summed E-state index contributed by atoms with van der Waals surface area (Å²) in [6.07, 6.45) is 2.04. The predicted octanol–water partition coefficient (Wildman–Crippen LogP) is 5.29. The Kier molecular flexibility index (Phi) is 17.0. The fourth-order valence-electron chi connectivity index (χ4n) is 10.6. The van der Waals surface area contributed by atoms with Gasteiger partial charge in [-0.1, -0.05) is 33.6 Å². The van der Waals surface area contributed by atoms with E-state index in [0.29, 0.717) is 45.5 Å². The lowest BCUT2D eigenvalue weighted by molar-refractivity contribution is -0.156. The molecule has 0 saturated carbocycles. The normalized spacial score (nSPS) is 22.5. The SMILES string of the molecule is CCn1c(-c2cccnc2C(C)OC)c2c3cc(ccc31)N1CCOC(CC(NC(=O)C(C(C)C)N(C)C(=O)C3(F)CCN(C(=O)C#CC(C)(C)N(C)C)CC3)C(=O)N3CCCC(N3)C(=O)OCC(C)(C)C2)C1. The molecule has 2 N–H and O–H groups in total. The number of alkyl halides is 1. The van der Waals surface area contributed by atoms with E-state index in [2.05, 4.69) is 77.1 Å². The van der Waals surface area contributed by atoms with Gasteiger partial charge in [0.1, 0.15) is 18.1 Å². The van der Waals surface area contributed by atoms with Gasteiger partial charge in [0.15, 0.2) is 5.67 Å². The number of amides is 4. The Hall–Kier alpha value is -5.61. The van der Waals surface area contributed by atoms with Crippen molar-refractivity contribution in [3.63, 3.8) is 0 Å². The van der Waals surface area contributed by atoms with Gasteiger partial charge in [-0.05, 0) is 109 Å². The number of piperidine rings is 1. The van der Waals surface area contributed by atoms with Crippen LogP contribution >= 0.6 is 0 Å². The van der Waals surface area contributed by atoms with Gasteiger partial charge >= 0.3 is 5.97 Å². The van der Waals surface area contributed by atoms with E-state index in [4.69, 9.17) is 19.2 Å². The number of pyridine rings is 1. The number of aryl methyl sites for hydroxylation is 1. The maximum atomic E-state index is 16.8. The number of anilines is 1. The summed E-state index contributed by atoms with van der Waals surface area (Å²) in [6.45, 7) is 18.0. The van der Waals surface area contributed by atoms with Gasteiger partial charge in [0, 0.05) is 106 Å². The highest BCUT2D eigenvalue weighted by atomic mass is 19.1. The molecular formula is C55H78FN9O8. The molecule has 398 valence electrons. The molecule has 18 heteroatoms. The molecule has 6 heterocycles. The molecule has 4 aliphatic heterocycles. The standard InChI is InChI=1S/C55H78FN9O8/c1-13-64-44-19-18-37-30-40(44)41(48(64)39-16-14-24-57-46(39)36(4)71-12)32-53(5,6)34-73-51(69)42-17-15-25-65(59-42)50(68)43(31-38-33-63(37)28-29-72-38)58-49(67)47(35(2)3)61(11)52(70)55(56)22-26-62(27-23-55)45(66)20-21-54(7,8)60(9)10/h14,16,18-19,24,30,35-36,38,42-43,47,59H,13,15,17,22-23,25-29,31-34H2,1-12H3,(H,58,67). The van der Waals surface area contributed by atoms with Crippen molar-refractivity contribution in [1.82, 2.24) is 40.0 Å². The summed E-state index contributed by atoms with van der Waals surface area (Å²) in [5.74, 6) is 2.27. The van der Waals surface area contributed by atoms with Crippen LogP contribution in [0.2, 0.25) is 0 Å². The molecule has 5 atom stereocenters. The second-order valence-electron chi connectivity index (χ2n) is 22.2. The second kappa shape index (κ2) is 22.5. The number of likely N-dealkylation sites (N-methyl/N-ethyl adjacent to an activating group) is 1. The molecule has 3 saturated heterocycles. The van der Waals surface area contributed by atoms with Crippen molar-refractivity contribution in [3.8, 4) is 23.1 Å². The van der Waals surface area contributed by atoms with Crippen LogP contribution in [-0.2, 0) is 51.1 Å². The Bertz CT molecular complexity index is 2590. The molecular weight excluding hydrogens is 934 g/mol. The van der Waals surface area contributed by atoms with E-state index < -0.39 is 76.4 Å². The quantitative estimate of drug-likeness (QED) is 0.199. The third-order valence-electron chi connectivity index (χ3n) is 15.4. The van der Waals surface area contributed by atoms with E-state index in [1.807, 2.05) is 45.8 Å². The second-order valence-corrected chi connectivity index (χ2v) is 22.2. The van der Waals surface area contributed by atoms with Crippen LogP contribution in [0.3, 0.4) is 0 Å². The van der Waals surface area contributed by atoms with Gasteiger partial charge < -0.3 is 38.8 Å². The highest BCUT2D eigenvalue weighted by molar-refractivity contribution is 5.97. The predicted molar refractivity (Wildman–Crippen MR) is 278 cm³/mol. The Morgan fingerprint density at radius 2 is 1.79 bits per heavy atom. The summed E-state index contributed by atoms with van der Waals surface area (Å²) in [6, 6.07) is 7.37. The first-order valence-corrected chi connectivity index (χ1v) is 26.0. The monoisotopic (exact) mass is 1010 g/mol. The summed E-state index contributed by atoms with van der Waals surface area (Å²) >= 11 is 0. The molecule has 0 aliphatic carbocycles. The van der Waals surface area contributed by atoms with Crippen LogP contribution in [0, 0.1) is 23.2 Å². The van der Waals surface area contributed by atoms with E-state index in [9.17, 15) is 24.0 Å². The van der Waals surface area contributed by atoms with Gasteiger partial charge in [0.25, 0.3) is 17.7 Å². The number of halogens is 1. The lowest BCUT2D eigenvalue weighted by atomic mass is 9.84. The van der Waals surface area contributed by atoms with Gasteiger partial charge in [0.2, 0.25) is 5.91 Å². The van der Waals surface area contributed by atoms with E-state index >= 15 is 4.39 Å². The zero-order chi connectivity index (χ0) is 53.2. The van der Waals surface area contributed by atoms with E-state index in [1.165, 1.54) is 17.0 Å². The van der Waals surface area contributed by atoms with E-state index in [0.717, 1.165) is 44.0 Å². The highest BCUT2D eigenvalue weighted by Gasteiger charge is 2.48. The number of ether oxygens (including phenoxy) is 3. The van der Waals surface area contributed by atoms with Gasteiger partial charge in [-0.15, -0.1) is 0 Å². The Morgan fingerprint density at radius 1 is 1.07 bits per heavy atom. The fourth-order valence-corrected chi connectivity index (χ4v) is 10.6. The minimum atomic E-state index is -2.34. The number of hydrogen-bond acceptors (Lipinski definition) is 12. The summed E-state index contributed by atoms with van der Waals surface area (Å²) in [5.41, 5.74) is 5.66. The molecule has 4 amide bonds. The van der Waals surface area contributed by atoms with Crippen molar-refractivity contribution in [3.05, 3.63) is 47.8 Å². The van der Waals surface area contributed by atoms with Crippen LogP contribution < -0.4 is 15.6 Å². The van der Waals surface area contributed by atoms with E-state index in [-0.39, 0.29) is 51.6 Å². The van der Waals surface area contributed by atoms with Crippen molar-refractivity contribution in [2.45, 2.75) is 142 Å². The van der Waals surface area contributed by atoms with Crippen LogP contribution in [0.25, 0.3) is 22.2 Å². The number of carbonyl (C=O) groups excluding carboxylic acids is 5. The zero-order valence-corrected chi connectivity index (χ0v) is 45.1. The number of cyclic esters (lactones) is 1. The molecule has 3 aromatic rings. The molecule has 1 aromatic carbocycles. The number of benzene rings is 1. The molecule has 4 aliphatic rings. The van der Waals surface area contributed by atoms with Crippen LogP contribution in [0.4, 0.5) is 10.1 Å². The minimum absolute atomic E-state index is 0.0172. The Balaban J connectivity index is 1.18. The Labute approximate surface area is 430 Å². The lowest BCUT2D eigenvalue weighted by Gasteiger charge is -2.41. The van der Waals surface area contributed by atoms with Crippen LogP contribution in [0.15, 0.2) is 36.5 Å². The van der Waals surface area contributed by atoms with Crippen molar-refractivity contribution in [2.75, 3.05) is 79.1 Å². The van der Waals surface area contributed by atoms with Gasteiger partial charge in [-0.25, -0.2) is 9.82 Å². The summed E-state index contributed by atoms with van der Waals surface area (Å²) < 4.78 is 37.5. The van der Waals surface area contributed by atoms with Gasteiger partial charge in [0.05, 0.1) is 42.3 Å². The number of methoxy groups -OCH3 is 1. The molecule has 0 radical (unpaired) electrons. The maximum Gasteiger partial charge on any atom is 0.324 e. The minimum Gasteiger partial charge on any atom is -0.464 e. The third kappa shape index (κ3) is 12.0. The summed E-state index contributed by atoms with van der Waals surface area (Å²) in [4.78, 5) is 82.2. The largest absolute Gasteiger partial charge is 0.464 e. The maximum absolute atomic E-state index is 16.8. The average Bonchev–Trinajstić information content (AvgIpc) is 3.67. The van der Waals surface area contributed by atoms with Crippen LogP contribution in [0.5, 0.6) is 0 Å². The van der Waals surface area contributed by atoms with Crippen LogP contribution in [-0.4, -0.2) is 168 Å². The number of nitrogens with zero attached hydrogens (tertiary/aromatic N) is 7. The Morgan fingerprint density at radius 3 is 2.47 bits per heavy atom. The summed E-state index contributed by atoms with van der Waals surface area (Å²) in [7, 11) is 6.82. The molecule has 7 rings (SSSR count). The molecule has 73 heavy (non-hydrogen) atoms. The van der Waals surface area contributed by atoms with Gasteiger partial charge in [-0.3, -0.25) is 38.9 Å². The molecule has 17 nitrogen and oxygen atoms in total. The number of aromatic nitrogens is 2. The van der Waals surface area contributed by atoms with Crippen LogP contribution in [0.1, 0.15) is 105 Å². The first-order chi connectivity index (χ1) is 34.5. The number of carbonyl (C=O) groups is 5. The number of morpholine rings is 1. The number of esters is 1. The topological polar surface area (TPSA) is 171 Å². The number of fused-ring (bicyclic) bond motifs is 6. The number of nitrogens with one attached hydrogen (secondary N) is 2. The molecule has 5 unspecified atom stereocenters. The van der Waals surface area contributed by atoms with Crippen molar-refractivity contribution in [2.24, 2.45) is 11.3 Å². The smallest absolute Gasteiger partial charge is 0.324 e. The summed E-state index contributed by atoms with van der Waals surface area (Å²) in [5, 5.41) is 5.43. The molecule has 6 bridgehead atoms.